The summed E-state index contributed by atoms with van der Waals surface area (Å²) in [4.78, 5) is 16.4. The molecular formula is C13H13N3O2S. The van der Waals surface area contributed by atoms with Crippen molar-refractivity contribution in [3.05, 3.63) is 51.4 Å². The number of aryl methyl sites for hydroxylation is 2. The number of nitrogens with zero attached hydrogens (tertiary/aromatic N) is 3. The molecule has 0 saturated heterocycles. The highest BCUT2D eigenvalue weighted by Gasteiger charge is 2.08. The van der Waals surface area contributed by atoms with Crippen LogP contribution in [0.15, 0.2) is 35.6 Å². The van der Waals surface area contributed by atoms with E-state index in [1.165, 1.54) is 11.3 Å². The Balaban J connectivity index is 2.27. The van der Waals surface area contributed by atoms with Crippen LogP contribution in [0.4, 0.5) is 0 Å². The molecule has 0 atom stereocenters. The van der Waals surface area contributed by atoms with Gasteiger partial charge in [-0.1, -0.05) is 0 Å². The predicted octanol–water partition coefficient (Wildman–Crippen LogP) is 2.06. The molecule has 0 aromatic carbocycles. The van der Waals surface area contributed by atoms with Crippen molar-refractivity contribution in [2.75, 3.05) is 0 Å². The van der Waals surface area contributed by atoms with Crippen LogP contribution < -0.4 is 5.49 Å². The monoisotopic (exact) mass is 275 g/mol. The molecule has 0 bridgehead atoms. The molecule has 0 saturated carbocycles. The van der Waals surface area contributed by atoms with Gasteiger partial charge in [0.25, 0.3) is 0 Å². The van der Waals surface area contributed by atoms with Crippen LogP contribution in [0.2, 0.25) is 0 Å². The zero-order chi connectivity index (χ0) is 13.8. The predicted molar refractivity (Wildman–Crippen MR) is 73.8 cm³/mol. The first-order valence-electron chi connectivity index (χ1n) is 5.60. The van der Waals surface area contributed by atoms with Crippen LogP contribution in [-0.4, -0.2) is 20.9 Å². The highest BCUT2D eigenvalue weighted by molar-refractivity contribution is 7.14. The minimum Gasteiger partial charge on any atom is -0.477 e. The lowest BCUT2D eigenvalue weighted by Gasteiger charge is -1.94. The van der Waals surface area contributed by atoms with Gasteiger partial charge < -0.3 is 5.11 Å². The average Bonchev–Trinajstić information content (AvgIpc) is 2.74. The summed E-state index contributed by atoms with van der Waals surface area (Å²) < 4.78 is 1.66. The first-order chi connectivity index (χ1) is 9.08. The van der Waals surface area contributed by atoms with E-state index in [1.807, 2.05) is 26.1 Å². The molecule has 1 N–H and O–H groups in total. The molecule has 0 fully saturated rings. The van der Waals surface area contributed by atoms with Crippen molar-refractivity contribution in [1.82, 2.24) is 9.78 Å². The molecule has 2 aromatic heterocycles. The van der Waals surface area contributed by atoms with E-state index in [4.69, 9.17) is 5.11 Å². The van der Waals surface area contributed by atoms with E-state index in [0.29, 0.717) is 4.88 Å². The van der Waals surface area contributed by atoms with Crippen molar-refractivity contribution in [2.45, 2.75) is 6.92 Å². The third-order valence-electron chi connectivity index (χ3n) is 2.53. The van der Waals surface area contributed by atoms with Crippen LogP contribution in [0.5, 0.6) is 0 Å². The van der Waals surface area contributed by atoms with Gasteiger partial charge in [-0.2, -0.15) is 5.10 Å². The molecule has 0 aliphatic heterocycles. The maximum Gasteiger partial charge on any atom is 0.345 e. The fourth-order valence-electron chi connectivity index (χ4n) is 1.52. The van der Waals surface area contributed by atoms with Crippen molar-refractivity contribution in [3.8, 4) is 0 Å². The van der Waals surface area contributed by atoms with Crippen LogP contribution in [0.3, 0.4) is 0 Å². The third-order valence-corrected chi connectivity index (χ3v) is 3.58. The minimum atomic E-state index is -0.900. The summed E-state index contributed by atoms with van der Waals surface area (Å²) in [5.41, 5.74) is 1.60. The number of thiophene rings is 1. The van der Waals surface area contributed by atoms with E-state index in [0.717, 1.165) is 15.9 Å². The van der Waals surface area contributed by atoms with Crippen LogP contribution in [0.25, 0.3) is 6.08 Å². The first-order valence-corrected chi connectivity index (χ1v) is 6.42. The lowest BCUT2D eigenvalue weighted by Crippen LogP contribution is -2.18. The Kier molecular flexibility index (Phi) is 3.91. The Morgan fingerprint density at radius 3 is 3.00 bits per heavy atom. The second-order valence-electron chi connectivity index (χ2n) is 3.88. The van der Waals surface area contributed by atoms with Crippen molar-refractivity contribution >= 4 is 23.4 Å². The highest BCUT2D eigenvalue weighted by atomic mass is 32.1. The molecule has 5 nitrogen and oxygen atoms in total. The maximum absolute atomic E-state index is 10.9. The number of rotatable bonds is 3. The Morgan fingerprint density at radius 1 is 1.58 bits per heavy atom. The van der Waals surface area contributed by atoms with Gasteiger partial charge in [0.15, 0.2) is 0 Å². The molecule has 98 valence electrons. The smallest absolute Gasteiger partial charge is 0.345 e. The van der Waals surface area contributed by atoms with E-state index in [1.54, 1.807) is 29.2 Å². The van der Waals surface area contributed by atoms with Gasteiger partial charge in [-0.15, -0.1) is 11.3 Å². The summed E-state index contributed by atoms with van der Waals surface area (Å²) in [6, 6.07) is 5.31. The number of carboxylic acids is 1. The second-order valence-corrected chi connectivity index (χ2v) is 5.13. The van der Waals surface area contributed by atoms with Gasteiger partial charge in [0.2, 0.25) is 0 Å². The van der Waals surface area contributed by atoms with Crippen molar-refractivity contribution in [3.63, 3.8) is 0 Å². The van der Waals surface area contributed by atoms with Crippen molar-refractivity contribution in [1.29, 1.82) is 0 Å². The molecule has 0 radical (unpaired) electrons. The molecule has 0 amide bonds. The summed E-state index contributed by atoms with van der Waals surface area (Å²) in [6.07, 6.45) is 5.13. The van der Waals surface area contributed by atoms with Crippen LogP contribution in [-0.2, 0) is 7.05 Å². The van der Waals surface area contributed by atoms with Crippen LogP contribution in [0.1, 0.15) is 20.1 Å². The standard InChI is InChI=1S/C13H13N3O2S/c1-9-10(8-11(19-9)13(17)18)5-7-14-12-4-3-6-15-16(12)2/h3-8H,1-2H3,(H,17,18)/b7-5+,14-12?. The molecule has 6 heteroatoms. The number of hydrogen-bond acceptors (Lipinski definition) is 4. The number of carbonyl (C=O) groups is 1. The Bertz CT molecular complexity index is 698. The van der Waals surface area contributed by atoms with E-state index >= 15 is 0 Å². The number of carboxylic acid groups (broad SMARTS) is 1. The van der Waals surface area contributed by atoms with E-state index in [-0.39, 0.29) is 0 Å². The molecule has 0 spiro atoms. The summed E-state index contributed by atoms with van der Waals surface area (Å²) in [7, 11) is 1.81. The molecule has 0 unspecified atom stereocenters. The topological polar surface area (TPSA) is 67.5 Å². The Labute approximate surface area is 114 Å². The largest absolute Gasteiger partial charge is 0.477 e. The van der Waals surface area contributed by atoms with Gasteiger partial charge in [0.1, 0.15) is 10.4 Å². The van der Waals surface area contributed by atoms with E-state index in [9.17, 15) is 4.79 Å². The molecule has 0 aliphatic rings. The van der Waals surface area contributed by atoms with Crippen LogP contribution in [0, 0.1) is 6.92 Å². The number of aromatic carboxylic acids is 1. The van der Waals surface area contributed by atoms with Gasteiger partial charge in [-0.05, 0) is 36.8 Å². The normalized spacial score (nSPS) is 12.2. The van der Waals surface area contributed by atoms with Gasteiger partial charge >= 0.3 is 5.97 Å². The zero-order valence-corrected chi connectivity index (χ0v) is 11.4. The number of aromatic nitrogens is 2. The summed E-state index contributed by atoms with van der Waals surface area (Å²) in [6.45, 7) is 1.89. The van der Waals surface area contributed by atoms with Gasteiger partial charge in [0, 0.05) is 24.3 Å². The molecule has 0 aliphatic carbocycles. The third kappa shape index (κ3) is 3.17. The lowest BCUT2D eigenvalue weighted by atomic mass is 10.2. The number of hydrogen-bond donors (Lipinski definition) is 1. The summed E-state index contributed by atoms with van der Waals surface area (Å²) in [5, 5.41) is 13.0. The molecule has 2 rings (SSSR count). The van der Waals surface area contributed by atoms with Gasteiger partial charge in [-0.3, -0.25) is 4.68 Å². The Morgan fingerprint density at radius 2 is 2.37 bits per heavy atom. The van der Waals surface area contributed by atoms with E-state index in [2.05, 4.69) is 10.1 Å². The lowest BCUT2D eigenvalue weighted by molar-refractivity contribution is 0.0702. The maximum atomic E-state index is 10.9. The zero-order valence-electron chi connectivity index (χ0n) is 10.6. The van der Waals surface area contributed by atoms with Crippen molar-refractivity contribution < 1.29 is 9.90 Å². The van der Waals surface area contributed by atoms with Crippen LogP contribution >= 0.6 is 11.3 Å². The second kappa shape index (κ2) is 5.62. The summed E-state index contributed by atoms with van der Waals surface area (Å²) >= 11 is 1.26. The van der Waals surface area contributed by atoms with Gasteiger partial charge in [-0.25, -0.2) is 9.79 Å². The fraction of sp³-hybridized carbons (Fsp3) is 0.154. The van der Waals surface area contributed by atoms with Gasteiger partial charge in [0.05, 0.1) is 0 Å². The minimum absolute atomic E-state index is 0.337. The van der Waals surface area contributed by atoms with E-state index < -0.39 is 5.97 Å². The first kappa shape index (κ1) is 13.2. The van der Waals surface area contributed by atoms with Crippen molar-refractivity contribution in [2.24, 2.45) is 12.0 Å². The molecule has 2 heterocycles. The molecule has 2 aromatic rings. The molecular weight excluding hydrogens is 262 g/mol. The SMILES string of the molecule is Cc1sc(C(=O)O)cc1/C=C/N=c1cccnn1C. The fourth-order valence-corrected chi connectivity index (χ4v) is 2.37. The highest BCUT2D eigenvalue weighted by Crippen LogP contribution is 2.22. The summed E-state index contributed by atoms with van der Waals surface area (Å²) in [5.74, 6) is -0.900. The Hall–Kier alpha value is -2.21. The molecule has 19 heavy (non-hydrogen) atoms. The average molecular weight is 275 g/mol. The quantitative estimate of drug-likeness (QED) is 0.932.